The summed E-state index contributed by atoms with van der Waals surface area (Å²) in [6, 6.07) is 21.6. The number of nitrogens with zero attached hydrogens (tertiary/aromatic N) is 3. The molecule has 32 heavy (non-hydrogen) atoms. The third kappa shape index (κ3) is 4.67. The fourth-order valence-electron chi connectivity index (χ4n) is 3.41. The number of carbonyl (C=O) groups excluding carboxylic acids is 1. The van der Waals surface area contributed by atoms with Crippen LogP contribution < -0.4 is 5.32 Å². The standard InChI is InChI=1S/C23H21ClN4O3S/c1-27(32(30,31)20-11-9-19(24)10-12-20)16-23(29)26-22-13-14-25-28(22)15-18-7-4-6-17-5-2-3-8-21(17)18/h2-14H,15-16H2,1H3,(H,26,29). The Balaban J connectivity index is 1.47. The van der Waals surface area contributed by atoms with Gasteiger partial charge in [-0.1, -0.05) is 54.1 Å². The minimum absolute atomic E-state index is 0.0678. The van der Waals surface area contributed by atoms with Gasteiger partial charge in [0.05, 0.1) is 24.2 Å². The van der Waals surface area contributed by atoms with Gasteiger partial charge in [0.1, 0.15) is 5.82 Å². The van der Waals surface area contributed by atoms with Crippen LogP contribution in [0.4, 0.5) is 5.82 Å². The molecule has 4 aromatic rings. The predicted octanol–water partition coefficient (Wildman–Crippen LogP) is 4.00. The molecule has 0 aliphatic carbocycles. The normalized spacial score (nSPS) is 11.7. The highest BCUT2D eigenvalue weighted by atomic mass is 35.5. The minimum atomic E-state index is -3.82. The topological polar surface area (TPSA) is 84.3 Å². The molecule has 4 rings (SSSR count). The fraction of sp³-hybridized carbons (Fsp3) is 0.130. The second kappa shape index (κ2) is 9.12. The Kier molecular flexibility index (Phi) is 6.27. The van der Waals surface area contributed by atoms with Crippen molar-refractivity contribution in [2.75, 3.05) is 18.9 Å². The molecule has 0 fully saturated rings. The van der Waals surface area contributed by atoms with E-state index in [-0.39, 0.29) is 11.4 Å². The molecule has 0 atom stereocenters. The van der Waals surface area contributed by atoms with Crippen molar-refractivity contribution in [3.63, 3.8) is 0 Å². The van der Waals surface area contributed by atoms with Crippen LogP contribution >= 0.6 is 11.6 Å². The van der Waals surface area contributed by atoms with Gasteiger partial charge < -0.3 is 5.32 Å². The zero-order chi connectivity index (χ0) is 22.7. The summed E-state index contributed by atoms with van der Waals surface area (Å²) in [5.74, 6) is 0.0185. The summed E-state index contributed by atoms with van der Waals surface area (Å²) in [5.41, 5.74) is 1.06. The van der Waals surface area contributed by atoms with Crippen molar-refractivity contribution in [3.8, 4) is 0 Å². The van der Waals surface area contributed by atoms with Gasteiger partial charge in [-0.25, -0.2) is 13.1 Å². The lowest BCUT2D eigenvalue weighted by atomic mass is 10.0. The number of anilines is 1. The number of carbonyl (C=O) groups is 1. The van der Waals surface area contributed by atoms with Crippen LogP contribution in [0.3, 0.4) is 0 Å². The number of nitrogens with one attached hydrogen (secondary N) is 1. The van der Waals surface area contributed by atoms with Gasteiger partial charge in [-0.15, -0.1) is 0 Å². The molecule has 7 nitrogen and oxygen atoms in total. The molecule has 0 unspecified atom stereocenters. The van der Waals surface area contributed by atoms with Crippen LogP contribution in [0, 0.1) is 0 Å². The van der Waals surface area contributed by atoms with Crippen molar-refractivity contribution in [3.05, 3.63) is 89.6 Å². The van der Waals surface area contributed by atoms with E-state index in [4.69, 9.17) is 11.6 Å². The number of fused-ring (bicyclic) bond motifs is 1. The Hall–Kier alpha value is -3.20. The summed E-state index contributed by atoms with van der Waals surface area (Å²) in [6.45, 7) is 0.118. The van der Waals surface area contributed by atoms with Crippen molar-refractivity contribution in [2.24, 2.45) is 0 Å². The molecule has 0 bridgehead atoms. The lowest BCUT2D eigenvalue weighted by molar-refractivity contribution is -0.116. The maximum atomic E-state index is 12.7. The Morgan fingerprint density at radius 1 is 1.03 bits per heavy atom. The smallest absolute Gasteiger partial charge is 0.243 e. The van der Waals surface area contributed by atoms with E-state index in [1.54, 1.807) is 16.9 Å². The Morgan fingerprint density at radius 3 is 2.53 bits per heavy atom. The van der Waals surface area contributed by atoms with Gasteiger partial charge in [-0.3, -0.25) is 4.79 Å². The molecular formula is C23H21ClN4O3S. The second-order valence-corrected chi connectivity index (χ2v) is 9.76. The van der Waals surface area contributed by atoms with Gasteiger partial charge in [0.25, 0.3) is 0 Å². The van der Waals surface area contributed by atoms with E-state index >= 15 is 0 Å². The molecule has 0 spiro atoms. The summed E-state index contributed by atoms with van der Waals surface area (Å²) >= 11 is 5.83. The van der Waals surface area contributed by atoms with Crippen molar-refractivity contribution in [2.45, 2.75) is 11.4 Å². The van der Waals surface area contributed by atoms with E-state index in [1.807, 2.05) is 42.5 Å². The van der Waals surface area contributed by atoms with Crippen LogP contribution in [0.5, 0.6) is 0 Å². The number of likely N-dealkylation sites (N-methyl/N-ethyl adjacent to an activating group) is 1. The van der Waals surface area contributed by atoms with Gasteiger partial charge in [0.15, 0.2) is 0 Å². The monoisotopic (exact) mass is 468 g/mol. The van der Waals surface area contributed by atoms with Crippen molar-refractivity contribution < 1.29 is 13.2 Å². The zero-order valence-electron chi connectivity index (χ0n) is 17.3. The minimum Gasteiger partial charge on any atom is -0.310 e. The van der Waals surface area contributed by atoms with Crippen LogP contribution in [0.1, 0.15) is 5.56 Å². The Bertz CT molecular complexity index is 1360. The van der Waals surface area contributed by atoms with E-state index in [9.17, 15) is 13.2 Å². The molecule has 1 heterocycles. The van der Waals surface area contributed by atoms with Gasteiger partial charge in [-0.2, -0.15) is 9.40 Å². The first-order chi connectivity index (χ1) is 15.3. The van der Waals surface area contributed by atoms with Crippen molar-refractivity contribution in [1.82, 2.24) is 14.1 Å². The van der Waals surface area contributed by atoms with Gasteiger partial charge >= 0.3 is 0 Å². The Labute approximate surface area is 191 Å². The lowest BCUT2D eigenvalue weighted by Gasteiger charge is -2.17. The molecule has 164 valence electrons. The number of benzene rings is 3. The predicted molar refractivity (Wildman–Crippen MR) is 125 cm³/mol. The fourth-order valence-corrected chi connectivity index (χ4v) is 4.67. The van der Waals surface area contributed by atoms with E-state index in [2.05, 4.69) is 10.4 Å². The summed E-state index contributed by atoms with van der Waals surface area (Å²) in [5, 5.41) is 9.73. The highest BCUT2D eigenvalue weighted by molar-refractivity contribution is 7.89. The number of aromatic nitrogens is 2. The lowest BCUT2D eigenvalue weighted by Crippen LogP contribution is -2.35. The van der Waals surface area contributed by atoms with Crippen LogP contribution in [0.2, 0.25) is 5.02 Å². The number of sulfonamides is 1. The number of rotatable bonds is 7. The molecule has 1 aromatic heterocycles. The highest BCUT2D eigenvalue weighted by Crippen LogP contribution is 2.21. The first-order valence-corrected chi connectivity index (χ1v) is 11.7. The van der Waals surface area contributed by atoms with E-state index in [0.717, 1.165) is 20.6 Å². The first-order valence-electron chi connectivity index (χ1n) is 9.85. The number of hydrogen-bond donors (Lipinski definition) is 1. The molecule has 1 amide bonds. The molecular weight excluding hydrogens is 448 g/mol. The second-order valence-electron chi connectivity index (χ2n) is 7.28. The first kappa shape index (κ1) is 22.0. The summed E-state index contributed by atoms with van der Waals surface area (Å²) in [7, 11) is -2.46. The SMILES string of the molecule is CN(CC(=O)Nc1ccnn1Cc1cccc2ccccc12)S(=O)(=O)c1ccc(Cl)cc1. The average molecular weight is 469 g/mol. The van der Waals surface area contributed by atoms with Crippen molar-refractivity contribution >= 4 is 44.1 Å². The number of hydrogen-bond acceptors (Lipinski definition) is 4. The molecule has 0 aliphatic rings. The van der Waals surface area contributed by atoms with Gasteiger partial charge in [-0.05, 0) is 40.6 Å². The molecule has 0 aliphatic heterocycles. The van der Waals surface area contributed by atoms with Crippen LogP contribution in [-0.2, 0) is 21.4 Å². The third-order valence-corrected chi connectivity index (χ3v) is 7.14. The molecule has 9 heteroatoms. The summed E-state index contributed by atoms with van der Waals surface area (Å²) in [4.78, 5) is 12.7. The van der Waals surface area contributed by atoms with Crippen LogP contribution in [0.15, 0.2) is 83.9 Å². The quantitative estimate of drug-likeness (QED) is 0.444. The molecule has 0 saturated heterocycles. The summed E-state index contributed by atoms with van der Waals surface area (Å²) in [6.07, 6.45) is 1.59. The maximum Gasteiger partial charge on any atom is 0.243 e. The molecule has 3 aromatic carbocycles. The van der Waals surface area contributed by atoms with Gasteiger partial charge in [0.2, 0.25) is 15.9 Å². The molecule has 0 saturated carbocycles. The third-order valence-electron chi connectivity index (χ3n) is 5.07. The van der Waals surface area contributed by atoms with Crippen LogP contribution in [0.25, 0.3) is 10.8 Å². The Morgan fingerprint density at radius 2 is 1.75 bits per heavy atom. The largest absolute Gasteiger partial charge is 0.310 e. The van der Waals surface area contributed by atoms with Crippen LogP contribution in [-0.4, -0.2) is 42.0 Å². The maximum absolute atomic E-state index is 12.7. The van der Waals surface area contributed by atoms with E-state index in [0.29, 0.717) is 17.4 Å². The average Bonchev–Trinajstić information content (AvgIpc) is 3.20. The highest BCUT2D eigenvalue weighted by Gasteiger charge is 2.23. The molecule has 0 radical (unpaired) electrons. The molecule has 1 N–H and O–H groups in total. The van der Waals surface area contributed by atoms with Gasteiger partial charge in [0, 0.05) is 18.1 Å². The number of amides is 1. The number of halogens is 1. The van der Waals surface area contributed by atoms with E-state index < -0.39 is 15.9 Å². The zero-order valence-corrected chi connectivity index (χ0v) is 18.8. The van der Waals surface area contributed by atoms with E-state index in [1.165, 1.54) is 31.3 Å². The van der Waals surface area contributed by atoms with Crippen molar-refractivity contribution in [1.29, 1.82) is 0 Å². The summed E-state index contributed by atoms with van der Waals surface area (Å²) < 4.78 is 28.1.